The topological polar surface area (TPSA) is 49.0 Å². The third-order valence-electron chi connectivity index (χ3n) is 4.72. The molecule has 1 atom stereocenters. The molecule has 0 saturated carbocycles. The summed E-state index contributed by atoms with van der Waals surface area (Å²) in [6, 6.07) is 7.80. The van der Waals surface area contributed by atoms with Crippen LogP contribution < -0.4 is 0 Å². The normalized spacial score (nSPS) is 17.2. The summed E-state index contributed by atoms with van der Waals surface area (Å²) in [7, 11) is 0. The van der Waals surface area contributed by atoms with Crippen LogP contribution in [0.4, 0.5) is 13.2 Å². The van der Waals surface area contributed by atoms with Crippen molar-refractivity contribution >= 4 is 16.9 Å². The van der Waals surface area contributed by atoms with Crippen molar-refractivity contribution in [2.75, 3.05) is 6.54 Å². The quantitative estimate of drug-likeness (QED) is 0.771. The van der Waals surface area contributed by atoms with Crippen LogP contribution in [-0.4, -0.2) is 27.3 Å². The maximum atomic E-state index is 13.8. The molecular formula is C19H16F3N3O. The van der Waals surface area contributed by atoms with Gasteiger partial charge in [0.05, 0.1) is 23.5 Å². The van der Waals surface area contributed by atoms with Crippen molar-refractivity contribution < 1.29 is 18.0 Å². The van der Waals surface area contributed by atoms with Crippen LogP contribution in [0.2, 0.25) is 0 Å². The van der Waals surface area contributed by atoms with E-state index in [0.29, 0.717) is 29.8 Å². The Hall–Kier alpha value is -2.83. The van der Waals surface area contributed by atoms with E-state index in [9.17, 15) is 18.0 Å². The molecule has 1 aliphatic heterocycles. The molecule has 0 radical (unpaired) electrons. The first-order valence-electron chi connectivity index (χ1n) is 8.40. The van der Waals surface area contributed by atoms with Crippen LogP contribution in [0.3, 0.4) is 0 Å². The van der Waals surface area contributed by atoms with E-state index in [4.69, 9.17) is 0 Å². The Morgan fingerprint density at radius 1 is 1.23 bits per heavy atom. The van der Waals surface area contributed by atoms with Gasteiger partial charge < -0.3 is 9.88 Å². The zero-order chi connectivity index (χ0) is 18.3. The van der Waals surface area contributed by atoms with Gasteiger partial charge in [-0.3, -0.25) is 4.79 Å². The number of nitrogens with zero attached hydrogens (tertiary/aromatic N) is 2. The molecule has 2 heterocycles. The lowest BCUT2D eigenvalue weighted by atomic mass is 10.1. The number of benzene rings is 2. The molecule has 134 valence electrons. The number of imidazole rings is 1. The van der Waals surface area contributed by atoms with Crippen molar-refractivity contribution in [1.82, 2.24) is 14.9 Å². The zero-order valence-electron chi connectivity index (χ0n) is 13.8. The molecular weight excluding hydrogens is 343 g/mol. The molecule has 0 aliphatic carbocycles. The van der Waals surface area contributed by atoms with Crippen LogP contribution in [0.15, 0.2) is 36.4 Å². The van der Waals surface area contributed by atoms with Gasteiger partial charge in [0.2, 0.25) is 5.91 Å². The summed E-state index contributed by atoms with van der Waals surface area (Å²) in [5.74, 6) is -2.03. The van der Waals surface area contributed by atoms with Gasteiger partial charge in [-0.1, -0.05) is 12.1 Å². The number of aromatic amines is 1. The number of hydrogen-bond acceptors (Lipinski definition) is 2. The standard InChI is InChI=1S/C19H16F3N3O/c20-12-6-7-14-15(10-12)24-19(23-14)16-5-2-8-25(16)17(26)9-11-3-1-4-13(21)18(11)22/h1,3-4,6-7,10,16H,2,5,8-9H2,(H,23,24). The molecule has 0 spiro atoms. The van der Waals surface area contributed by atoms with Crippen LogP contribution in [0, 0.1) is 17.5 Å². The molecule has 4 nitrogen and oxygen atoms in total. The minimum absolute atomic E-state index is 0.0346. The van der Waals surface area contributed by atoms with E-state index in [-0.39, 0.29) is 29.8 Å². The highest BCUT2D eigenvalue weighted by atomic mass is 19.2. The van der Waals surface area contributed by atoms with Crippen molar-refractivity contribution in [3.63, 3.8) is 0 Å². The minimum atomic E-state index is -0.990. The molecule has 4 rings (SSSR count). The van der Waals surface area contributed by atoms with Crippen LogP contribution in [0.1, 0.15) is 30.3 Å². The Morgan fingerprint density at radius 3 is 2.92 bits per heavy atom. The van der Waals surface area contributed by atoms with Crippen molar-refractivity contribution in [3.8, 4) is 0 Å². The lowest BCUT2D eigenvalue weighted by Gasteiger charge is -2.23. The van der Waals surface area contributed by atoms with Gasteiger partial charge in [-0.2, -0.15) is 0 Å². The molecule has 2 aromatic carbocycles. The van der Waals surface area contributed by atoms with E-state index < -0.39 is 11.6 Å². The molecule has 1 fully saturated rings. The summed E-state index contributed by atoms with van der Waals surface area (Å²) in [6.45, 7) is 0.520. The van der Waals surface area contributed by atoms with Crippen LogP contribution in [0.25, 0.3) is 11.0 Å². The fourth-order valence-corrected chi connectivity index (χ4v) is 3.46. The van der Waals surface area contributed by atoms with Gasteiger partial charge in [-0.15, -0.1) is 0 Å². The summed E-state index contributed by atoms with van der Waals surface area (Å²) >= 11 is 0. The Labute approximate surface area is 147 Å². The predicted molar refractivity (Wildman–Crippen MR) is 89.8 cm³/mol. The van der Waals surface area contributed by atoms with Crippen molar-refractivity contribution in [2.45, 2.75) is 25.3 Å². The third-order valence-corrected chi connectivity index (χ3v) is 4.72. The van der Waals surface area contributed by atoms with Crippen molar-refractivity contribution in [3.05, 3.63) is 65.2 Å². The van der Waals surface area contributed by atoms with Crippen molar-refractivity contribution in [1.29, 1.82) is 0 Å². The van der Waals surface area contributed by atoms with Gasteiger partial charge >= 0.3 is 0 Å². The first kappa shape index (κ1) is 16.6. The summed E-state index contributed by atoms with van der Waals surface area (Å²) in [5.41, 5.74) is 1.22. The van der Waals surface area contributed by atoms with Crippen LogP contribution >= 0.6 is 0 Å². The summed E-state index contributed by atoms with van der Waals surface area (Å²) in [5, 5.41) is 0. The second-order valence-electron chi connectivity index (χ2n) is 6.42. The number of carbonyl (C=O) groups excluding carboxylic acids is 1. The maximum Gasteiger partial charge on any atom is 0.227 e. The van der Waals surface area contributed by atoms with Crippen LogP contribution in [0.5, 0.6) is 0 Å². The van der Waals surface area contributed by atoms with Gasteiger partial charge in [-0.05, 0) is 37.1 Å². The van der Waals surface area contributed by atoms with E-state index in [1.807, 2.05) is 0 Å². The molecule has 1 N–H and O–H groups in total. The Bertz CT molecular complexity index is 985. The average Bonchev–Trinajstić information content (AvgIpc) is 3.24. The summed E-state index contributed by atoms with van der Waals surface area (Å²) < 4.78 is 40.6. The minimum Gasteiger partial charge on any atom is -0.340 e. The number of fused-ring (bicyclic) bond motifs is 1. The number of carbonyl (C=O) groups is 1. The smallest absolute Gasteiger partial charge is 0.227 e. The molecule has 1 unspecified atom stereocenters. The van der Waals surface area contributed by atoms with Crippen molar-refractivity contribution in [2.24, 2.45) is 0 Å². The fourth-order valence-electron chi connectivity index (χ4n) is 3.46. The number of likely N-dealkylation sites (tertiary alicyclic amines) is 1. The second-order valence-corrected chi connectivity index (χ2v) is 6.42. The first-order valence-corrected chi connectivity index (χ1v) is 8.40. The van der Waals surface area contributed by atoms with E-state index in [0.717, 1.165) is 12.5 Å². The monoisotopic (exact) mass is 359 g/mol. The van der Waals surface area contributed by atoms with Gasteiger partial charge in [0.25, 0.3) is 0 Å². The highest BCUT2D eigenvalue weighted by Gasteiger charge is 2.32. The lowest BCUT2D eigenvalue weighted by Crippen LogP contribution is -2.32. The fraction of sp³-hybridized carbons (Fsp3) is 0.263. The summed E-state index contributed by atoms with van der Waals surface area (Å²) in [4.78, 5) is 21.8. The van der Waals surface area contributed by atoms with Crippen LogP contribution in [-0.2, 0) is 11.2 Å². The summed E-state index contributed by atoms with van der Waals surface area (Å²) in [6.07, 6.45) is 1.28. The van der Waals surface area contributed by atoms with E-state index in [2.05, 4.69) is 9.97 Å². The number of nitrogens with one attached hydrogen (secondary N) is 1. The molecule has 26 heavy (non-hydrogen) atoms. The SMILES string of the molecule is O=C(Cc1cccc(F)c1F)N1CCCC1c1nc2ccc(F)cc2[nH]1. The molecule has 1 aliphatic rings. The molecule has 7 heteroatoms. The van der Waals surface area contributed by atoms with Gasteiger partial charge in [0.15, 0.2) is 11.6 Å². The number of rotatable bonds is 3. The number of H-pyrrole nitrogens is 1. The molecule has 3 aromatic rings. The number of halogens is 3. The van der Waals surface area contributed by atoms with E-state index in [1.165, 1.54) is 24.3 Å². The highest BCUT2D eigenvalue weighted by molar-refractivity contribution is 5.80. The number of amides is 1. The van der Waals surface area contributed by atoms with E-state index in [1.54, 1.807) is 11.0 Å². The van der Waals surface area contributed by atoms with Gasteiger partial charge in [0, 0.05) is 12.1 Å². The second kappa shape index (κ2) is 6.48. The lowest BCUT2D eigenvalue weighted by molar-refractivity contribution is -0.131. The Morgan fingerprint density at radius 2 is 2.08 bits per heavy atom. The number of aromatic nitrogens is 2. The average molecular weight is 359 g/mol. The third kappa shape index (κ3) is 2.94. The largest absolute Gasteiger partial charge is 0.340 e. The number of hydrogen-bond donors (Lipinski definition) is 1. The molecule has 1 saturated heterocycles. The highest BCUT2D eigenvalue weighted by Crippen LogP contribution is 2.32. The Balaban J connectivity index is 1.59. The Kier molecular flexibility index (Phi) is 4.14. The molecule has 1 aromatic heterocycles. The van der Waals surface area contributed by atoms with Gasteiger partial charge in [-0.25, -0.2) is 18.2 Å². The first-order chi connectivity index (χ1) is 12.5. The van der Waals surface area contributed by atoms with E-state index >= 15 is 0 Å². The zero-order valence-corrected chi connectivity index (χ0v) is 13.8. The molecule has 1 amide bonds. The predicted octanol–water partition coefficient (Wildman–Crippen LogP) is 3.89. The maximum absolute atomic E-state index is 13.8. The molecule has 0 bridgehead atoms. The van der Waals surface area contributed by atoms with Gasteiger partial charge in [0.1, 0.15) is 11.6 Å².